The molecule has 0 spiro atoms. The van der Waals surface area contributed by atoms with Crippen molar-refractivity contribution in [2.45, 2.75) is 6.92 Å². The minimum Gasteiger partial charge on any atom is -0.378 e. The van der Waals surface area contributed by atoms with Crippen LogP contribution >= 0.6 is 23.1 Å². The van der Waals surface area contributed by atoms with Gasteiger partial charge in [0.2, 0.25) is 0 Å². The summed E-state index contributed by atoms with van der Waals surface area (Å²) in [5.74, 6) is 0.309. The summed E-state index contributed by atoms with van der Waals surface area (Å²) in [5.41, 5.74) is 0.652. The summed E-state index contributed by atoms with van der Waals surface area (Å²) in [4.78, 5) is 12.0. The number of ether oxygens (including phenoxy) is 1. The van der Waals surface area contributed by atoms with E-state index in [-0.39, 0.29) is 5.91 Å². The molecule has 0 aliphatic rings. The Balaban J connectivity index is 2.22. The molecule has 0 atom stereocenters. The van der Waals surface area contributed by atoms with E-state index in [1.165, 1.54) is 0 Å². The molecule has 0 radical (unpaired) electrons. The topological polar surface area (TPSA) is 64.1 Å². The second-order valence-corrected chi connectivity index (χ2v) is 3.88. The molecule has 0 aliphatic heterocycles. The van der Waals surface area contributed by atoms with Gasteiger partial charge in [-0.3, -0.25) is 4.79 Å². The normalized spacial score (nSPS) is 10.3. The predicted octanol–water partition coefficient (Wildman–Crippen LogP) is 0.832. The standard InChI is InChI=1S/C8H12ClN3O2S/c1-6-7(15-12-11-6)8(13)10-3-5-14-4-2-9/h2-5H2,1H3,(H,10,13). The van der Waals surface area contributed by atoms with Gasteiger partial charge in [0.25, 0.3) is 5.91 Å². The fourth-order valence-electron chi connectivity index (χ4n) is 0.913. The van der Waals surface area contributed by atoms with E-state index in [1.54, 1.807) is 6.92 Å². The zero-order valence-corrected chi connectivity index (χ0v) is 9.90. The van der Waals surface area contributed by atoms with E-state index in [0.29, 0.717) is 36.2 Å². The lowest BCUT2D eigenvalue weighted by molar-refractivity contribution is 0.0926. The van der Waals surface area contributed by atoms with Crippen LogP contribution in [0, 0.1) is 6.92 Å². The molecule has 0 saturated carbocycles. The van der Waals surface area contributed by atoms with Crippen LogP contribution in [0.25, 0.3) is 0 Å². The summed E-state index contributed by atoms with van der Waals surface area (Å²) in [6.45, 7) is 3.18. The zero-order valence-electron chi connectivity index (χ0n) is 8.33. The Hall–Kier alpha value is -0.720. The number of alkyl halides is 1. The first kappa shape index (κ1) is 12.4. The van der Waals surface area contributed by atoms with Gasteiger partial charge in [0, 0.05) is 12.4 Å². The lowest BCUT2D eigenvalue weighted by atomic mass is 10.4. The van der Waals surface area contributed by atoms with Crippen molar-refractivity contribution in [1.29, 1.82) is 0 Å². The third-order valence-corrected chi connectivity index (χ3v) is 2.59. The van der Waals surface area contributed by atoms with Crippen LogP contribution in [0.1, 0.15) is 15.4 Å². The number of rotatable bonds is 6. The van der Waals surface area contributed by atoms with Crippen LogP contribution in [0.2, 0.25) is 0 Å². The number of aryl methyl sites for hydroxylation is 1. The van der Waals surface area contributed by atoms with E-state index in [1.807, 2.05) is 0 Å². The van der Waals surface area contributed by atoms with Crippen LogP contribution in [0.3, 0.4) is 0 Å². The third kappa shape index (κ3) is 4.11. The Kier molecular flexibility index (Phi) is 5.52. The highest BCUT2D eigenvalue weighted by molar-refractivity contribution is 7.07. The van der Waals surface area contributed by atoms with Crippen LogP contribution in [0.5, 0.6) is 0 Å². The van der Waals surface area contributed by atoms with Crippen LogP contribution in [0.4, 0.5) is 0 Å². The Bertz CT molecular complexity index is 319. The Morgan fingerprint density at radius 3 is 3.00 bits per heavy atom. The SMILES string of the molecule is Cc1nnsc1C(=O)NCCOCCCl. The molecule has 84 valence electrons. The van der Waals surface area contributed by atoms with Gasteiger partial charge < -0.3 is 10.1 Å². The monoisotopic (exact) mass is 249 g/mol. The van der Waals surface area contributed by atoms with Gasteiger partial charge in [-0.15, -0.1) is 16.7 Å². The predicted molar refractivity (Wildman–Crippen MR) is 58.5 cm³/mol. The third-order valence-electron chi connectivity index (χ3n) is 1.61. The molecule has 0 unspecified atom stereocenters. The van der Waals surface area contributed by atoms with Gasteiger partial charge in [0.1, 0.15) is 4.88 Å². The van der Waals surface area contributed by atoms with Gasteiger partial charge in [-0.2, -0.15) is 0 Å². The first-order valence-electron chi connectivity index (χ1n) is 4.46. The molecule has 15 heavy (non-hydrogen) atoms. The quantitative estimate of drug-likeness (QED) is 0.599. The van der Waals surface area contributed by atoms with E-state index in [2.05, 4.69) is 14.9 Å². The number of amides is 1. The largest absolute Gasteiger partial charge is 0.378 e. The van der Waals surface area contributed by atoms with Crippen molar-refractivity contribution in [1.82, 2.24) is 14.9 Å². The molecule has 1 amide bonds. The van der Waals surface area contributed by atoms with Gasteiger partial charge in [-0.25, -0.2) is 0 Å². The zero-order chi connectivity index (χ0) is 11.1. The van der Waals surface area contributed by atoms with Crippen LogP contribution in [0.15, 0.2) is 0 Å². The van der Waals surface area contributed by atoms with Crippen molar-refractivity contribution in [2.24, 2.45) is 0 Å². The van der Waals surface area contributed by atoms with Crippen LogP contribution in [-0.2, 0) is 4.74 Å². The molecule has 5 nitrogen and oxygen atoms in total. The van der Waals surface area contributed by atoms with Crippen LogP contribution in [-0.4, -0.2) is 41.1 Å². The second-order valence-electron chi connectivity index (χ2n) is 2.74. The first-order chi connectivity index (χ1) is 7.25. The molecule has 1 rings (SSSR count). The van der Waals surface area contributed by atoms with Crippen molar-refractivity contribution in [2.75, 3.05) is 25.6 Å². The Morgan fingerprint density at radius 2 is 2.40 bits per heavy atom. The maximum absolute atomic E-state index is 11.5. The molecule has 1 aromatic rings. The van der Waals surface area contributed by atoms with Crippen molar-refractivity contribution >= 4 is 29.0 Å². The Labute approximate surface area is 96.9 Å². The molecule has 0 aromatic carbocycles. The summed E-state index contributed by atoms with van der Waals surface area (Å²) in [6, 6.07) is 0. The van der Waals surface area contributed by atoms with Crippen molar-refractivity contribution in [3.05, 3.63) is 10.6 Å². The van der Waals surface area contributed by atoms with Gasteiger partial charge in [-0.1, -0.05) is 4.49 Å². The van der Waals surface area contributed by atoms with Gasteiger partial charge in [-0.05, 0) is 18.5 Å². The highest BCUT2D eigenvalue weighted by atomic mass is 35.5. The Morgan fingerprint density at radius 1 is 1.60 bits per heavy atom. The number of aromatic nitrogens is 2. The minimum absolute atomic E-state index is 0.156. The summed E-state index contributed by atoms with van der Waals surface area (Å²) < 4.78 is 8.79. The number of hydrogen-bond acceptors (Lipinski definition) is 5. The number of carbonyl (C=O) groups excluding carboxylic acids is 1. The molecule has 0 fully saturated rings. The summed E-state index contributed by atoms with van der Waals surface area (Å²) in [7, 11) is 0. The second kappa shape index (κ2) is 6.71. The maximum atomic E-state index is 11.5. The number of halogens is 1. The van der Waals surface area contributed by atoms with Crippen molar-refractivity contribution < 1.29 is 9.53 Å². The lowest BCUT2D eigenvalue weighted by Gasteiger charge is -2.03. The van der Waals surface area contributed by atoms with E-state index >= 15 is 0 Å². The van der Waals surface area contributed by atoms with Crippen molar-refractivity contribution in [3.63, 3.8) is 0 Å². The highest BCUT2D eigenvalue weighted by Gasteiger charge is 2.11. The van der Waals surface area contributed by atoms with E-state index in [0.717, 1.165) is 11.5 Å². The van der Waals surface area contributed by atoms with Crippen LogP contribution < -0.4 is 5.32 Å². The first-order valence-corrected chi connectivity index (χ1v) is 5.77. The molecular formula is C8H12ClN3O2S. The molecule has 1 aromatic heterocycles. The van der Waals surface area contributed by atoms with Gasteiger partial charge >= 0.3 is 0 Å². The number of carbonyl (C=O) groups is 1. The van der Waals surface area contributed by atoms with Crippen molar-refractivity contribution in [3.8, 4) is 0 Å². The smallest absolute Gasteiger partial charge is 0.265 e. The number of nitrogens with zero attached hydrogens (tertiary/aromatic N) is 2. The average molecular weight is 250 g/mol. The molecule has 0 saturated heterocycles. The van der Waals surface area contributed by atoms with E-state index in [9.17, 15) is 4.79 Å². The fourth-order valence-corrected chi connectivity index (χ4v) is 1.60. The fraction of sp³-hybridized carbons (Fsp3) is 0.625. The molecule has 1 heterocycles. The summed E-state index contributed by atoms with van der Waals surface area (Å²) in [5, 5.41) is 6.46. The minimum atomic E-state index is -0.156. The summed E-state index contributed by atoms with van der Waals surface area (Å²) in [6.07, 6.45) is 0. The molecular weight excluding hydrogens is 238 g/mol. The molecule has 1 N–H and O–H groups in total. The molecule has 7 heteroatoms. The van der Waals surface area contributed by atoms with E-state index < -0.39 is 0 Å². The van der Waals surface area contributed by atoms with Gasteiger partial charge in [0.15, 0.2) is 0 Å². The molecule has 0 aliphatic carbocycles. The number of hydrogen-bond donors (Lipinski definition) is 1. The highest BCUT2D eigenvalue weighted by Crippen LogP contribution is 2.07. The average Bonchev–Trinajstić information content (AvgIpc) is 2.64. The summed E-state index contributed by atoms with van der Waals surface area (Å²) >= 11 is 6.51. The van der Waals surface area contributed by atoms with E-state index in [4.69, 9.17) is 16.3 Å². The maximum Gasteiger partial charge on any atom is 0.265 e. The number of nitrogens with one attached hydrogen (secondary N) is 1. The lowest BCUT2D eigenvalue weighted by Crippen LogP contribution is -2.27. The van der Waals surface area contributed by atoms with Gasteiger partial charge in [0.05, 0.1) is 18.9 Å². The molecule has 0 bridgehead atoms.